The molecule has 2 rings (SSSR count). The molecule has 24 heavy (non-hydrogen) atoms. The van der Waals surface area contributed by atoms with E-state index in [9.17, 15) is 19.1 Å². The van der Waals surface area contributed by atoms with E-state index in [-0.39, 0.29) is 23.9 Å². The van der Waals surface area contributed by atoms with E-state index in [4.69, 9.17) is 0 Å². The summed E-state index contributed by atoms with van der Waals surface area (Å²) in [5, 5.41) is 12.6. The molecule has 1 unspecified atom stereocenters. The van der Waals surface area contributed by atoms with Crippen molar-refractivity contribution in [2.75, 3.05) is 18.9 Å². The quantitative estimate of drug-likeness (QED) is 0.868. The van der Waals surface area contributed by atoms with Gasteiger partial charge in [-0.25, -0.2) is 4.39 Å². The molecule has 0 saturated heterocycles. The van der Waals surface area contributed by atoms with Crippen molar-refractivity contribution >= 4 is 17.5 Å². The fourth-order valence-electron chi connectivity index (χ4n) is 2.28. The minimum Gasteiger partial charge on any atom is -0.391 e. The van der Waals surface area contributed by atoms with Gasteiger partial charge in [0.15, 0.2) is 0 Å². The van der Waals surface area contributed by atoms with Crippen molar-refractivity contribution in [1.29, 1.82) is 0 Å². The van der Waals surface area contributed by atoms with Gasteiger partial charge >= 0.3 is 0 Å². The Kier molecular flexibility index (Phi) is 5.28. The Morgan fingerprint density at radius 2 is 2.00 bits per heavy atom. The summed E-state index contributed by atoms with van der Waals surface area (Å²) in [6.07, 6.45) is 1.35. The topological polar surface area (TPSA) is 69.6 Å². The van der Waals surface area contributed by atoms with Crippen LogP contribution in [-0.4, -0.2) is 41.5 Å². The maximum Gasteiger partial charge on any atom is 0.256 e. The molecular weight excluding hydrogens is 311 g/mol. The second kappa shape index (κ2) is 6.89. The first-order chi connectivity index (χ1) is 11.1. The number of rotatable bonds is 5. The fraction of sp³-hybridized carbons (Fsp3) is 0.556. The number of amides is 2. The van der Waals surface area contributed by atoms with E-state index in [2.05, 4.69) is 5.32 Å². The summed E-state index contributed by atoms with van der Waals surface area (Å²) < 4.78 is 14.0. The molecule has 1 saturated carbocycles. The summed E-state index contributed by atoms with van der Waals surface area (Å²) in [4.78, 5) is 25.8. The zero-order valence-electron chi connectivity index (χ0n) is 14.6. The van der Waals surface area contributed by atoms with E-state index < -0.39 is 23.2 Å². The number of likely N-dealkylation sites (N-methyl/N-ethyl adjacent to an activating group) is 1. The Labute approximate surface area is 141 Å². The lowest BCUT2D eigenvalue weighted by Gasteiger charge is -2.22. The van der Waals surface area contributed by atoms with Crippen LogP contribution in [0.1, 0.15) is 44.0 Å². The van der Waals surface area contributed by atoms with Crippen molar-refractivity contribution in [3.8, 4) is 0 Å². The molecule has 1 aliphatic rings. The molecule has 1 aromatic carbocycles. The number of nitrogens with one attached hydrogen (secondary N) is 1. The van der Waals surface area contributed by atoms with Gasteiger partial charge in [0.25, 0.3) is 5.91 Å². The van der Waals surface area contributed by atoms with Gasteiger partial charge in [-0.3, -0.25) is 9.59 Å². The Morgan fingerprint density at radius 1 is 1.38 bits per heavy atom. The van der Waals surface area contributed by atoms with E-state index in [0.29, 0.717) is 5.69 Å². The maximum atomic E-state index is 14.0. The molecule has 0 bridgehead atoms. The first-order valence-electron chi connectivity index (χ1n) is 8.14. The minimum atomic E-state index is -0.651. The molecule has 1 atom stereocenters. The molecule has 0 aromatic heterocycles. The summed E-state index contributed by atoms with van der Waals surface area (Å²) in [6.45, 7) is 5.47. The molecule has 5 nitrogen and oxygen atoms in total. The largest absolute Gasteiger partial charge is 0.391 e. The average Bonchev–Trinajstić information content (AvgIpc) is 3.32. The van der Waals surface area contributed by atoms with Gasteiger partial charge in [-0.15, -0.1) is 0 Å². The fourth-order valence-corrected chi connectivity index (χ4v) is 2.28. The summed E-state index contributed by atoms with van der Waals surface area (Å²) in [5.74, 6) is -1.15. The average molecular weight is 336 g/mol. The van der Waals surface area contributed by atoms with Gasteiger partial charge in [0.05, 0.1) is 11.7 Å². The van der Waals surface area contributed by atoms with Gasteiger partial charge < -0.3 is 15.3 Å². The Hall–Kier alpha value is -1.95. The normalized spacial score (nSPS) is 15.8. The summed E-state index contributed by atoms with van der Waals surface area (Å²) in [5.41, 5.74) is -0.341. The van der Waals surface area contributed by atoms with Crippen LogP contribution in [0.4, 0.5) is 10.1 Å². The first kappa shape index (κ1) is 18.4. The van der Waals surface area contributed by atoms with Gasteiger partial charge in [-0.05, 0) is 37.0 Å². The molecule has 1 aliphatic carbocycles. The molecule has 0 radical (unpaired) electrons. The smallest absolute Gasteiger partial charge is 0.256 e. The van der Waals surface area contributed by atoms with Crippen LogP contribution < -0.4 is 5.32 Å². The van der Waals surface area contributed by atoms with Gasteiger partial charge in [-0.1, -0.05) is 20.8 Å². The second-order valence-electron chi connectivity index (χ2n) is 7.49. The maximum absolute atomic E-state index is 14.0. The molecular formula is C18H25FN2O3. The van der Waals surface area contributed by atoms with Crippen molar-refractivity contribution in [3.63, 3.8) is 0 Å². The Bertz CT molecular complexity index is 636. The summed E-state index contributed by atoms with van der Waals surface area (Å²) >= 11 is 0. The van der Waals surface area contributed by atoms with Crippen molar-refractivity contribution in [3.05, 3.63) is 29.6 Å². The molecule has 2 amide bonds. The van der Waals surface area contributed by atoms with Crippen LogP contribution in [-0.2, 0) is 4.79 Å². The minimum absolute atomic E-state index is 0.118. The lowest BCUT2D eigenvalue weighted by atomic mass is 9.95. The van der Waals surface area contributed by atoms with E-state index in [0.717, 1.165) is 18.9 Å². The van der Waals surface area contributed by atoms with Crippen LogP contribution in [0.3, 0.4) is 0 Å². The summed E-state index contributed by atoms with van der Waals surface area (Å²) in [6, 6.07) is 3.92. The second-order valence-corrected chi connectivity index (χ2v) is 7.49. The van der Waals surface area contributed by atoms with E-state index in [1.165, 1.54) is 24.1 Å². The SMILES string of the molecule is CN(CC(O)C1CC1)C(=O)c1cc(NC(=O)C(C)(C)C)ccc1F. The third kappa shape index (κ3) is 4.54. The molecule has 132 valence electrons. The van der Waals surface area contributed by atoms with E-state index >= 15 is 0 Å². The summed E-state index contributed by atoms with van der Waals surface area (Å²) in [7, 11) is 1.54. The molecule has 0 spiro atoms. The highest BCUT2D eigenvalue weighted by atomic mass is 19.1. The highest BCUT2D eigenvalue weighted by molar-refractivity contribution is 5.98. The number of hydrogen-bond donors (Lipinski definition) is 2. The van der Waals surface area contributed by atoms with Crippen LogP contribution >= 0.6 is 0 Å². The van der Waals surface area contributed by atoms with Crippen LogP contribution in [0.5, 0.6) is 0 Å². The standard InChI is InChI=1S/C18H25FN2O3/c1-18(2,3)17(24)20-12-7-8-14(19)13(9-12)16(23)21(4)10-15(22)11-5-6-11/h7-9,11,15,22H,5-6,10H2,1-4H3,(H,20,24). The zero-order valence-corrected chi connectivity index (χ0v) is 14.6. The monoisotopic (exact) mass is 336 g/mol. The Balaban J connectivity index is 2.12. The van der Waals surface area contributed by atoms with Crippen molar-refractivity contribution in [2.45, 2.75) is 39.7 Å². The van der Waals surface area contributed by atoms with Gasteiger partial charge in [0.2, 0.25) is 5.91 Å². The molecule has 0 heterocycles. The number of aliphatic hydroxyl groups is 1. The number of nitrogens with zero attached hydrogens (tertiary/aromatic N) is 1. The van der Waals surface area contributed by atoms with Crippen molar-refractivity contribution in [2.24, 2.45) is 11.3 Å². The third-order valence-electron chi connectivity index (χ3n) is 4.11. The predicted molar refractivity (Wildman–Crippen MR) is 90.2 cm³/mol. The number of anilines is 1. The lowest BCUT2D eigenvalue weighted by Crippen LogP contribution is -2.35. The molecule has 6 heteroatoms. The number of benzene rings is 1. The number of carbonyl (C=O) groups is 2. The first-order valence-corrected chi connectivity index (χ1v) is 8.14. The third-order valence-corrected chi connectivity index (χ3v) is 4.11. The van der Waals surface area contributed by atoms with Crippen LogP contribution in [0.2, 0.25) is 0 Å². The van der Waals surface area contributed by atoms with Gasteiger partial charge in [-0.2, -0.15) is 0 Å². The molecule has 2 N–H and O–H groups in total. The van der Waals surface area contributed by atoms with E-state index in [1.54, 1.807) is 20.8 Å². The highest BCUT2D eigenvalue weighted by Gasteiger charge is 2.31. The molecule has 1 aromatic rings. The molecule has 0 aliphatic heterocycles. The highest BCUT2D eigenvalue weighted by Crippen LogP contribution is 2.33. The van der Waals surface area contributed by atoms with Crippen molar-refractivity contribution in [1.82, 2.24) is 4.90 Å². The number of hydrogen-bond acceptors (Lipinski definition) is 3. The van der Waals surface area contributed by atoms with E-state index in [1.807, 2.05) is 0 Å². The Morgan fingerprint density at radius 3 is 2.54 bits per heavy atom. The molecule has 1 fully saturated rings. The van der Waals surface area contributed by atoms with Crippen LogP contribution in [0, 0.1) is 17.2 Å². The number of halogens is 1. The lowest BCUT2D eigenvalue weighted by molar-refractivity contribution is -0.123. The van der Waals surface area contributed by atoms with Crippen molar-refractivity contribution < 1.29 is 19.1 Å². The number of aliphatic hydroxyl groups excluding tert-OH is 1. The van der Waals surface area contributed by atoms with Crippen LogP contribution in [0.15, 0.2) is 18.2 Å². The van der Waals surface area contributed by atoms with Gasteiger partial charge in [0, 0.05) is 24.7 Å². The zero-order chi connectivity index (χ0) is 18.1. The predicted octanol–water partition coefficient (Wildman–Crippen LogP) is 2.65. The van der Waals surface area contributed by atoms with Gasteiger partial charge in [0.1, 0.15) is 5.82 Å². The van der Waals surface area contributed by atoms with Crippen LogP contribution in [0.25, 0.3) is 0 Å². The number of carbonyl (C=O) groups excluding carboxylic acids is 2.